The molecule has 4 rings (SSSR count). The van der Waals surface area contributed by atoms with E-state index in [1.54, 1.807) is 48.5 Å². The lowest BCUT2D eigenvalue weighted by Crippen LogP contribution is -2.30. The van der Waals surface area contributed by atoms with Gasteiger partial charge in [0.2, 0.25) is 0 Å². The van der Waals surface area contributed by atoms with E-state index in [9.17, 15) is 9.59 Å². The van der Waals surface area contributed by atoms with Crippen LogP contribution in [0.1, 0.15) is 35.3 Å². The number of amides is 1. The minimum absolute atomic E-state index is 0.00261. The monoisotopic (exact) mass is 502 g/mol. The molecule has 1 aromatic heterocycles. The van der Waals surface area contributed by atoms with Crippen LogP contribution in [0.5, 0.6) is 11.5 Å². The van der Waals surface area contributed by atoms with E-state index in [4.69, 9.17) is 16.3 Å². The lowest BCUT2D eigenvalue weighted by molar-refractivity contribution is 0.0943. The number of nitrogens with zero attached hydrogens (tertiary/aromatic N) is 2. The summed E-state index contributed by atoms with van der Waals surface area (Å²) in [5.41, 5.74) is 3.46. The number of nitrogens with one attached hydrogen (secondary N) is 2. The van der Waals surface area contributed by atoms with E-state index in [1.807, 2.05) is 45.9 Å². The number of halogens is 1. The maximum absolute atomic E-state index is 13.6. The highest BCUT2D eigenvalue weighted by atomic mass is 35.5. The zero-order valence-corrected chi connectivity index (χ0v) is 21.3. The molecule has 7 nitrogen and oxygen atoms in total. The van der Waals surface area contributed by atoms with Crippen molar-refractivity contribution in [3.63, 3.8) is 0 Å². The Bertz CT molecular complexity index is 1480. The average Bonchev–Trinajstić information content (AvgIpc) is 2.83. The van der Waals surface area contributed by atoms with Gasteiger partial charge in [-0.25, -0.2) is 0 Å². The van der Waals surface area contributed by atoms with Gasteiger partial charge in [0.1, 0.15) is 5.75 Å². The zero-order valence-electron chi connectivity index (χ0n) is 20.5. The third-order valence-corrected chi connectivity index (χ3v) is 5.75. The molecule has 0 aliphatic heterocycles. The van der Waals surface area contributed by atoms with Gasteiger partial charge in [-0.1, -0.05) is 29.8 Å². The van der Waals surface area contributed by atoms with E-state index in [0.29, 0.717) is 27.7 Å². The van der Waals surface area contributed by atoms with Crippen molar-refractivity contribution < 1.29 is 9.53 Å². The summed E-state index contributed by atoms with van der Waals surface area (Å²) >= 11 is 6.14. The molecule has 0 radical (unpaired) electrons. The lowest BCUT2D eigenvalue weighted by atomic mass is 10.1. The number of rotatable bonds is 7. The summed E-state index contributed by atoms with van der Waals surface area (Å²) in [6.45, 7) is 7.80. The number of carbonyl (C=O) groups excluding carboxylic acids is 1. The molecular formula is C28H27ClN4O3. The molecule has 0 aliphatic carbocycles. The molecule has 36 heavy (non-hydrogen) atoms. The molecule has 1 amide bonds. The molecule has 0 saturated heterocycles. The summed E-state index contributed by atoms with van der Waals surface area (Å²) < 4.78 is 7.35. The second kappa shape index (κ2) is 10.7. The summed E-state index contributed by atoms with van der Waals surface area (Å²) in [6, 6.07) is 19.5. The molecular weight excluding hydrogens is 476 g/mol. The molecule has 0 aliphatic rings. The largest absolute Gasteiger partial charge is 0.453 e. The van der Waals surface area contributed by atoms with E-state index in [1.165, 1.54) is 10.9 Å². The fourth-order valence-electron chi connectivity index (χ4n) is 3.56. The minimum atomic E-state index is -0.435. The first kappa shape index (κ1) is 25.0. The Balaban J connectivity index is 1.78. The normalized spacial score (nSPS) is 10.8. The molecule has 184 valence electrons. The minimum Gasteiger partial charge on any atom is -0.453 e. The number of hydrogen-bond donors (Lipinski definition) is 2. The molecule has 8 heteroatoms. The van der Waals surface area contributed by atoms with Crippen molar-refractivity contribution in [1.29, 1.82) is 0 Å². The Kier molecular flexibility index (Phi) is 7.41. The van der Waals surface area contributed by atoms with Crippen molar-refractivity contribution in [2.45, 2.75) is 33.7 Å². The molecule has 0 atom stereocenters. The van der Waals surface area contributed by atoms with E-state index < -0.39 is 5.56 Å². The van der Waals surface area contributed by atoms with Crippen molar-refractivity contribution in [3.05, 3.63) is 105 Å². The highest BCUT2D eigenvalue weighted by Gasteiger charge is 2.17. The maximum Gasteiger partial charge on any atom is 0.299 e. The summed E-state index contributed by atoms with van der Waals surface area (Å²) in [5.74, 6) is 0.623. The second-order valence-corrected chi connectivity index (χ2v) is 9.20. The first-order valence-electron chi connectivity index (χ1n) is 11.5. The number of aryl methyl sites for hydroxylation is 2. The highest BCUT2D eigenvalue weighted by molar-refractivity contribution is 6.30. The number of ether oxygens (including phenoxy) is 1. The van der Waals surface area contributed by atoms with Crippen LogP contribution < -0.4 is 20.9 Å². The third kappa shape index (κ3) is 5.75. The maximum atomic E-state index is 13.6. The number of aromatic nitrogens is 2. The first-order chi connectivity index (χ1) is 17.2. The summed E-state index contributed by atoms with van der Waals surface area (Å²) in [7, 11) is 0. The number of benzene rings is 3. The van der Waals surface area contributed by atoms with Crippen molar-refractivity contribution in [1.82, 2.24) is 15.1 Å². The number of carbonyl (C=O) groups is 1. The lowest BCUT2D eigenvalue weighted by Gasteiger charge is -2.16. The van der Waals surface area contributed by atoms with Gasteiger partial charge in [-0.2, -0.15) is 9.78 Å². The summed E-state index contributed by atoms with van der Waals surface area (Å²) in [5, 5.41) is 10.8. The topological polar surface area (TPSA) is 85.2 Å². The van der Waals surface area contributed by atoms with E-state index >= 15 is 0 Å². The van der Waals surface area contributed by atoms with Gasteiger partial charge in [0, 0.05) is 22.3 Å². The van der Waals surface area contributed by atoms with Crippen LogP contribution in [-0.4, -0.2) is 21.7 Å². The van der Waals surface area contributed by atoms with Crippen LogP contribution in [-0.2, 0) is 0 Å². The van der Waals surface area contributed by atoms with Crippen molar-refractivity contribution in [2.75, 3.05) is 5.32 Å². The Labute approximate surface area is 214 Å². The van der Waals surface area contributed by atoms with Crippen molar-refractivity contribution in [3.8, 4) is 17.2 Å². The van der Waals surface area contributed by atoms with Crippen LogP contribution >= 0.6 is 11.6 Å². The number of anilines is 2. The van der Waals surface area contributed by atoms with Crippen LogP contribution in [0.15, 0.2) is 77.7 Å². The fourth-order valence-corrected chi connectivity index (χ4v) is 3.74. The predicted octanol–water partition coefficient (Wildman–Crippen LogP) is 6.18. The molecule has 2 N–H and O–H groups in total. The van der Waals surface area contributed by atoms with Crippen LogP contribution in [0.4, 0.5) is 11.4 Å². The molecule has 0 fully saturated rings. The van der Waals surface area contributed by atoms with E-state index in [2.05, 4.69) is 15.7 Å². The molecule has 0 saturated carbocycles. The third-order valence-electron chi connectivity index (χ3n) is 5.52. The van der Waals surface area contributed by atoms with E-state index in [0.717, 1.165) is 11.1 Å². The Morgan fingerprint density at radius 1 is 1.00 bits per heavy atom. The van der Waals surface area contributed by atoms with Crippen LogP contribution in [0.2, 0.25) is 5.02 Å². The predicted molar refractivity (Wildman–Crippen MR) is 143 cm³/mol. The second-order valence-electron chi connectivity index (χ2n) is 8.76. The first-order valence-corrected chi connectivity index (χ1v) is 11.9. The molecule has 0 unspecified atom stereocenters. The van der Waals surface area contributed by atoms with Crippen molar-refractivity contribution in [2.24, 2.45) is 0 Å². The van der Waals surface area contributed by atoms with Gasteiger partial charge >= 0.3 is 0 Å². The zero-order chi connectivity index (χ0) is 25.8. The SMILES string of the molecule is Cc1ccc(Oc2cnn(-c3cccc(Cl)c3)c(=O)c2Nc2cccc(C(=O)NC(C)C)c2)cc1C. The molecule has 4 aromatic rings. The van der Waals surface area contributed by atoms with Gasteiger partial charge in [0.15, 0.2) is 11.4 Å². The average molecular weight is 503 g/mol. The number of hydrogen-bond acceptors (Lipinski definition) is 5. The van der Waals surface area contributed by atoms with Crippen LogP contribution in [0.3, 0.4) is 0 Å². The van der Waals surface area contributed by atoms with Gasteiger partial charge in [0.05, 0.1) is 11.9 Å². The van der Waals surface area contributed by atoms with Gasteiger partial charge in [0.25, 0.3) is 11.5 Å². The molecule has 3 aromatic carbocycles. The van der Waals surface area contributed by atoms with Gasteiger partial charge in [-0.15, -0.1) is 0 Å². The van der Waals surface area contributed by atoms with Crippen LogP contribution in [0, 0.1) is 13.8 Å². The Morgan fingerprint density at radius 3 is 2.50 bits per heavy atom. The van der Waals surface area contributed by atoms with Crippen molar-refractivity contribution >= 4 is 28.9 Å². The molecule has 0 bridgehead atoms. The standard InChI is InChI=1S/C28H27ClN4O3/c1-17(2)31-27(34)20-7-5-9-22(14-20)32-26-25(36-24-12-11-18(3)19(4)13-24)16-30-33(28(26)35)23-10-6-8-21(29)15-23/h5-17,32H,1-4H3,(H,31,34). The van der Waals surface area contributed by atoms with Crippen LogP contribution in [0.25, 0.3) is 5.69 Å². The van der Waals surface area contributed by atoms with E-state index in [-0.39, 0.29) is 23.4 Å². The smallest absolute Gasteiger partial charge is 0.299 e. The summed E-state index contributed by atoms with van der Waals surface area (Å²) in [6.07, 6.45) is 1.48. The highest BCUT2D eigenvalue weighted by Crippen LogP contribution is 2.30. The van der Waals surface area contributed by atoms with Gasteiger partial charge < -0.3 is 15.4 Å². The quantitative estimate of drug-likeness (QED) is 0.315. The summed E-state index contributed by atoms with van der Waals surface area (Å²) in [4.78, 5) is 26.1. The molecule has 0 spiro atoms. The fraction of sp³-hybridized carbons (Fsp3) is 0.179. The Morgan fingerprint density at radius 2 is 1.78 bits per heavy atom. The molecule has 1 heterocycles. The Hall–Kier alpha value is -4.10. The van der Waals surface area contributed by atoms with Gasteiger partial charge in [-0.05, 0) is 87.4 Å². The van der Waals surface area contributed by atoms with Gasteiger partial charge in [-0.3, -0.25) is 9.59 Å².